The molecule has 2 aliphatic rings. The molecule has 2 aliphatic heterocycles. The van der Waals surface area contributed by atoms with Gasteiger partial charge in [0, 0.05) is 6.26 Å². The second-order valence-corrected chi connectivity index (χ2v) is 12.4. The summed E-state index contributed by atoms with van der Waals surface area (Å²) < 4.78 is 46.6. The van der Waals surface area contributed by atoms with Gasteiger partial charge in [0.05, 0.1) is 21.9 Å². The molecule has 0 aromatic heterocycles. The number of carbonyl (C=O) groups is 3. The minimum Gasteiger partial charge on any atom is -0.348 e. The van der Waals surface area contributed by atoms with Gasteiger partial charge in [-0.15, -0.1) is 0 Å². The highest BCUT2D eigenvalue weighted by Crippen LogP contribution is 2.30. The van der Waals surface area contributed by atoms with Crippen LogP contribution >= 0.6 is 0 Å². The van der Waals surface area contributed by atoms with Crippen LogP contribution < -0.4 is 10.6 Å². The fraction of sp³-hybridized carbons (Fsp3) is 0.500. The lowest BCUT2D eigenvalue weighted by molar-refractivity contribution is -0.135. The molecule has 0 spiro atoms. The number of nitrogens with one attached hydrogen (secondary N) is 2. The van der Waals surface area contributed by atoms with Crippen LogP contribution in [0.2, 0.25) is 0 Å². The Hall–Kier alpha value is -2.47. The van der Waals surface area contributed by atoms with Gasteiger partial charge >= 0.3 is 6.03 Å². The van der Waals surface area contributed by atoms with E-state index in [1.54, 1.807) is 6.92 Å². The van der Waals surface area contributed by atoms with Crippen molar-refractivity contribution in [1.29, 1.82) is 0 Å². The molecular weight excluding hydrogens is 434 g/mol. The number of nitrogens with zero attached hydrogens (tertiary/aromatic N) is 1. The van der Waals surface area contributed by atoms with Crippen LogP contribution in [0, 0.1) is 0 Å². The molecule has 30 heavy (non-hydrogen) atoms. The first-order valence-corrected chi connectivity index (χ1v) is 12.8. The quantitative estimate of drug-likeness (QED) is 0.569. The molecule has 2 fully saturated rings. The number of hydrogen-bond acceptors (Lipinski definition) is 7. The van der Waals surface area contributed by atoms with Crippen molar-refractivity contribution in [3.8, 4) is 0 Å². The molecule has 1 aromatic carbocycles. The first kappa shape index (κ1) is 22.2. The van der Waals surface area contributed by atoms with Crippen LogP contribution in [0.25, 0.3) is 0 Å². The summed E-state index contributed by atoms with van der Waals surface area (Å²) in [6.45, 7) is 2.51. The van der Waals surface area contributed by atoms with E-state index < -0.39 is 55.1 Å². The number of imide groups is 1. The first-order chi connectivity index (χ1) is 13.7. The van der Waals surface area contributed by atoms with Crippen LogP contribution in [0.4, 0.5) is 4.79 Å². The van der Waals surface area contributed by atoms with Gasteiger partial charge in [-0.05, 0) is 38.0 Å². The highest BCUT2D eigenvalue weighted by atomic mass is 32.2. The third-order valence-electron chi connectivity index (χ3n) is 5.38. The maximum Gasteiger partial charge on any atom is 0.325 e. The third kappa shape index (κ3) is 4.19. The molecule has 164 valence electrons. The number of urea groups is 1. The second kappa shape index (κ2) is 7.05. The molecule has 3 rings (SSSR count). The van der Waals surface area contributed by atoms with Gasteiger partial charge < -0.3 is 10.6 Å². The Morgan fingerprint density at radius 2 is 1.80 bits per heavy atom. The number of carbonyl (C=O) groups excluding carboxylic acids is 3. The molecule has 2 N–H and O–H groups in total. The van der Waals surface area contributed by atoms with E-state index in [1.165, 1.54) is 31.2 Å². The summed E-state index contributed by atoms with van der Waals surface area (Å²) >= 11 is 0. The fourth-order valence-electron chi connectivity index (χ4n) is 3.70. The SMILES string of the molecule is CC1(NC(=O)CN2C(=O)NC(C)(c3ccc(S(C)(=O)=O)cc3)C2=O)CCS(=O)(=O)C1. The van der Waals surface area contributed by atoms with Gasteiger partial charge in [-0.1, -0.05) is 12.1 Å². The summed E-state index contributed by atoms with van der Waals surface area (Å²) in [6, 6.07) is 4.78. The van der Waals surface area contributed by atoms with Crippen molar-refractivity contribution in [1.82, 2.24) is 15.5 Å². The smallest absolute Gasteiger partial charge is 0.325 e. The van der Waals surface area contributed by atoms with Crippen molar-refractivity contribution in [2.45, 2.75) is 36.2 Å². The first-order valence-electron chi connectivity index (χ1n) is 9.11. The van der Waals surface area contributed by atoms with Gasteiger partial charge in [0.15, 0.2) is 19.7 Å². The Bertz CT molecular complexity index is 1130. The van der Waals surface area contributed by atoms with Crippen molar-refractivity contribution in [2.24, 2.45) is 0 Å². The summed E-state index contributed by atoms with van der Waals surface area (Å²) in [5.74, 6) is -1.54. The van der Waals surface area contributed by atoms with Crippen molar-refractivity contribution in [3.63, 3.8) is 0 Å². The van der Waals surface area contributed by atoms with Crippen LogP contribution in [-0.4, -0.2) is 69.4 Å². The minimum absolute atomic E-state index is 0.0333. The molecule has 12 heteroatoms. The molecule has 0 aliphatic carbocycles. The topological polar surface area (TPSA) is 147 Å². The van der Waals surface area contributed by atoms with Gasteiger partial charge in [0.1, 0.15) is 12.1 Å². The second-order valence-electron chi connectivity index (χ2n) is 8.19. The zero-order chi connectivity index (χ0) is 22.5. The summed E-state index contributed by atoms with van der Waals surface area (Å²) in [5, 5.41) is 5.15. The Kier molecular flexibility index (Phi) is 5.22. The van der Waals surface area contributed by atoms with E-state index in [-0.39, 0.29) is 22.8 Å². The van der Waals surface area contributed by atoms with Gasteiger partial charge in [-0.25, -0.2) is 21.6 Å². The average molecular weight is 458 g/mol. The van der Waals surface area contributed by atoms with Gasteiger partial charge in [0.25, 0.3) is 5.91 Å². The number of hydrogen-bond donors (Lipinski definition) is 2. The Morgan fingerprint density at radius 1 is 1.20 bits per heavy atom. The van der Waals surface area contributed by atoms with Crippen molar-refractivity contribution < 1.29 is 31.2 Å². The minimum atomic E-state index is -3.42. The maximum absolute atomic E-state index is 12.9. The molecule has 4 amide bonds. The lowest BCUT2D eigenvalue weighted by atomic mass is 9.92. The highest BCUT2D eigenvalue weighted by molar-refractivity contribution is 7.91. The number of rotatable bonds is 5. The molecular formula is C18H23N3O7S2. The molecule has 0 bridgehead atoms. The summed E-state index contributed by atoms with van der Waals surface area (Å²) in [4.78, 5) is 38.5. The molecule has 2 saturated heterocycles. The Morgan fingerprint density at radius 3 is 2.30 bits per heavy atom. The lowest BCUT2D eigenvalue weighted by Gasteiger charge is -2.25. The third-order valence-corrected chi connectivity index (χ3v) is 8.41. The van der Waals surface area contributed by atoms with E-state index >= 15 is 0 Å². The monoisotopic (exact) mass is 457 g/mol. The molecule has 1 aromatic rings. The number of benzene rings is 1. The van der Waals surface area contributed by atoms with Crippen molar-refractivity contribution in [3.05, 3.63) is 29.8 Å². The van der Waals surface area contributed by atoms with Crippen LogP contribution in [0.15, 0.2) is 29.2 Å². The van der Waals surface area contributed by atoms with Crippen molar-refractivity contribution in [2.75, 3.05) is 24.3 Å². The van der Waals surface area contributed by atoms with Crippen LogP contribution in [0.1, 0.15) is 25.8 Å². The number of amides is 4. The molecule has 0 saturated carbocycles. The fourth-order valence-corrected chi connectivity index (χ4v) is 6.42. The summed E-state index contributed by atoms with van der Waals surface area (Å²) in [6.07, 6.45) is 1.31. The van der Waals surface area contributed by atoms with E-state index in [4.69, 9.17) is 0 Å². The van der Waals surface area contributed by atoms with Crippen molar-refractivity contribution >= 4 is 37.5 Å². The maximum atomic E-state index is 12.9. The van der Waals surface area contributed by atoms with Crippen LogP contribution in [0.3, 0.4) is 0 Å². The molecule has 10 nitrogen and oxygen atoms in total. The molecule has 0 radical (unpaired) electrons. The van der Waals surface area contributed by atoms with Crippen LogP contribution in [0.5, 0.6) is 0 Å². The highest BCUT2D eigenvalue weighted by Gasteiger charge is 2.50. The van der Waals surface area contributed by atoms with Gasteiger partial charge in [-0.3, -0.25) is 14.5 Å². The normalized spacial score (nSPS) is 28.4. The standard InChI is InChI=1S/C18H23N3O7S2/c1-17(8-9-30(27,28)11-17)19-14(22)10-21-15(23)18(2,20-16(21)24)12-4-6-13(7-5-12)29(3,25)26/h4-7H,8-11H2,1-3H3,(H,19,22)(H,20,24). The molecule has 2 unspecified atom stereocenters. The Labute approximate surface area is 174 Å². The number of sulfone groups is 2. The van der Waals surface area contributed by atoms with E-state index in [0.29, 0.717) is 5.56 Å². The predicted molar refractivity (Wildman–Crippen MR) is 107 cm³/mol. The summed E-state index contributed by atoms with van der Waals surface area (Å²) in [5.41, 5.74) is -2.04. The lowest BCUT2D eigenvalue weighted by Crippen LogP contribution is -2.51. The molecule has 2 heterocycles. The largest absolute Gasteiger partial charge is 0.348 e. The van der Waals surface area contributed by atoms with Gasteiger partial charge in [0.2, 0.25) is 5.91 Å². The average Bonchev–Trinajstić information content (AvgIpc) is 3.01. The van der Waals surface area contributed by atoms with E-state index in [9.17, 15) is 31.2 Å². The zero-order valence-corrected chi connectivity index (χ0v) is 18.4. The zero-order valence-electron chi connectivity index (χ0n) is 16.8. The van der Waals surface area contributed by atoms with Crippen LogP contribution in [-0.2, 0) is 34.8 Å². The van der Waals surface area contributed by atoms with E-state index in [0.717, 1.165) is 11.2 Å². The Balaban J connectivity index is 1.75. The van der Waals surface area contributed by atoms with Gasteiger partial charge in [-0.2, -0.15) is 0 Å². The van der Waals surface area contributed by atoms with E-state index in [2.05, 4.69) is 10.6 Å². The van der Waals surface area contributed by atoms with E-state index in [1.807, 2.05) is 0 Å². The predicted octanol–water partition coefficient (Wildman–Crippen LogP) is -0.449. The summed E-state index contributed by atoms with van der Waals surface area (Å²) in [7, 11) is -6.65. The molecule has 2 atom stereocenters.